The lowest BCUT2D eigenvalue weighted by molar-refractivity contribution is -0.115. The van der Waals surface area contributed by atoms with Crippen molar-refractivity contribution in [3.63, 3.8) is 0 Å². The van der Waals surface area contributed by atoms with Crippen LogP contribution in [-0.2, 0) is 4.79 Å². The fraction of sp³-hybridized carbons (Fsp3) is 0.200. The summed E-state index contributed by atoms with van der Waals surface area (Å²) in [5.74, 6) is 1.16. The molecule has 5 nitrogen and oxygen atoms in total. The van der Waals surface area contributed by atoms with Crippen LogP contribution in [0.3, 0.4) is 0 Å². The number of hydrogen-bond donors (Lipinski definition) is 1. The first-order valence-corrected chi connectivity index (χ1v) is 9.80. The summed E-state index contributed by atoms with van der Waals surface area (Å²) in [6.07, 6.45) is 1.79. The first-order valence-electron chi connectivity index (χ1n) is 8.19. The summed E-state index contributed by atoms with van der Waals surface area (Å²) < 4.78 is 11.7. The van der Waals surface area contributed by atoms with E-state index in [0.29, 0.717) is 21.6 Å². The van der Waals surface area contributed by atoms with Gasteiger partial charge in [0.25, 0.3) is 5.91 Å². The number of halogens is 1. The minimum Gasteiger partial charge on any atom is -0.497 e. The number of amidine groups is 1. The first-order chi connectivity index (χ1) is 12.9. The number of thioether (sulfide) groups is 1. The quantitative estimate of drug-likeness (QED) is 0.673. The molecule has 0 atom stereocenters. The van der Waals surface area contributed by atoms with Crippen LogP contribution in [0.25, 0.3) is 6.08 Å². The maximum absolute atomic E-state index is 12.3. The molecule has 27 heavy (non-hydrogen) atoms. The molecule has 3 rings (SSSR count). The second-order valence-corrected chi connectivity index (χ2v) is 7.81. The molecule has 1 aliphatic heterocycles. The van der Waals surface area contributed by atoms with E-state index in [2.05, 4.69) is 26.2 Å². The fourth-order valence-corrected chi connectivity index (χ4v) is 3.73. The van der Waals surface area contributed by atoms with Gasteiger partial charge in [0.05, 0.1) is 24.8 Å². The number of benzene rings is 2. The molecular weight excluding hydrogens is 428 g/mol. The molecule has 7 heteroatoms. The van der Waals surface area contributed by atoms with Gasteiger partial charge in [-0.2, -0.15) is 0 Å². The number of aryl methyl sites for hydroxylation is 2. The lowest BCUT2D eigenvalue weighted by Crippen LogP contribution is -2.19. The Kier molecular flexibility index (Phi) is 5.92. The molecule has 2 aromatic carbocycles. The van der Waals surface area contributed by atoms with Crippen molar-refractivity contribution < 1.29 is 14.3 Å². The Hall–Kier alpha value is -2.25. The van der Waals surface area contributed by atoms with Gasteiger partial charge in [-0.05, 0) is 67.1 Å². The molecule has 1 fully saturated rings. The van der Waals surface area contributed by atoms with E-state index in [0.717, 1.165) is 26.9 Å². The average Bonchev–Trinajstić information content (AvgIpc) is 2.98. The van der Waals surface area contributed by atoms with Crippen LogP contribution >= 0.6 is 27.7 Å². The second kappa shape index (κ2) is 8.19. The van der Waals surface area contributed by atoms with E-state index >= 15 is 0 Å². The minimum atomic E-state index is -0.179. The number of carbonyl (C=O) groups excluding carboxylic acids is 1. The molecule has 0 bridgehead atoms. The van der Waals surface area contributed by atoms with Crippen LogP contribution in [0.5, 0.6) is 11.5 Å². The normalized spacial score (nSPS) is 16.7. The third-order valence-corrected chi connectivity index (χ3v) is 6.19. The molecule has 2 aromatic rings. The van der Waals surface area contributed by atoms with Crippen molar-refractivity contribution in [3.05, 3.63) is 56.4 Å². The fourth-order valence-electron chi connectivity index (χ4n) is 2.66. The molecule has 1 amide bonds. The van der Waals surface area contributed by atoms with E-state index in [1.807, 2.05) is 38.1 Å². The summed E-state index contributed by atoms with van der Waals surface area (Å²) >= 11 is 4.86. The van der Waals surface area contributed by atoms with Gasteiger partial charge in [0.1, 0.15) is 11.5 Å². The van der Waals surface area contributed by atoms with Crippen LogP contribution < -0.4 is 14.8 Å². The van der Waals surface area contributed by atoms with Gasteiger partial charge in [-0.1, -0.05) is 15.9 Å². The molecular formula is C20H19BrN2O3S. The Bertz CT molecular complexity index is 947. The Balaban J connectivity index is 1.89. The van der Waals surface area contributed by atoms with Crippen molar-refractivity contribution in [2.45, 2.75) is 13.8 Å². The monoisotopic (exact) mass is 446 g/mol. The summed E-state index contributed by atoms with van der Waals surface area (Å²) in [6, 6.07) is 9.42. The van der Waals surface area contributed by atoms with Gasteiger partial charge in [-0.3, -0.25) is 4.79 Å². The summed E-state index contributed by atoms with van der Waals surface area (Å²) in [7, 11) is 3.19. The van der Waals surface area contributed by atoms with E-state index in [9.17, 15) is 4.79 Å². The standard InChI is InChI=1S/C20H19BrN2O3S/c1-11-7-14(8-12(2)18(11)21)22-20-23-19(24)17(27-20)9-13-5-6-15(25-3)10-16(13)26-4/h5-10H,1-4H3,(H,22,23,24)/b17-9-. The van der Waals surface area contributed by atoms with E-state index in [1.165, 1.54) is 11.8 Å². The SMILES string of the molecule is COc1ccc(/C=C2\SC(=Nc3cc(C)c(Br)c(C)c3)NC2=O)c(OC)c1. The maximum atomic E-state index is 12.3. The third-order valence-electron chi connectivity index (χ3n) is 4.03. The zero-order valence-corrected chi connectivity index (χ0v) is 17.8. The maximum Gasteiger partial charge on any atom is 0.264 e. The molecule has 0 unspecified atom stereocenters. The highest BCUT2D eigenvalue weighted by Crippen LogP contribution is 2.33. The number of rotatable bonds is 4. The number of nitrogens with one attached hydrogen (secondary N) is 1. The molecule has 0 aliphatic carbocycles. The van der Waals surface area contributed by atoms with E-state index in [4.69, 9.17) is 9.47 Å². The highest BCUT2D eigenvalue weighted by molar-refractivity contribution is 9.10. The summed E-state index contributed by atoms with van der Waals surface area (Å²) in [4.78, 5) is 17.5. The molecule has 1 heterocycles. The summed E-state index contributed by atoms with van der Waals surface area (Å²) in [6.45, 7) is 4.03. The van der Waals surface area contributed by atoms with Crippen molar-refractivity contribution in [2.24, 2.45) is 4.99 Å². The number of nitrogens with zero attached hydrogens (tertiary/aromatic N) is 1. The number of carbonyl (C=O) groups is 1. The third kappa shape index (κ3) is 4.36. The average molecular weight is 447 g/mol. The number of aliphatic imine (C=N–C) groups is 1. The lowest BCUT2D eigenvalue weighted by Gasteiger charge is -2.07. The van der Waals surface area contributed by atoms with Crippen LogP contribution in [-0.4, -0.2) is 25.3 Å². The smallest absolute Gasteiger partial charge is 0.264 e. The predicted molar refractivity (Wildman–Crippen MR) is 114 cm³/mol. The van der Waals surface area contributed by atoms with Gasteiger partial charge in [0, 0.05) is 16.1 Å². The van der Waals surface area contributed by atoms with Gasteiger partial charge < -0.3 is 14.8 Å². The zero-order chi connectivity index (χ0) is 19.6. The van der Waals surface area contributed by atoms with Crippen LogP contribution in [0.2, 0.25) is 0 Å². The van der Waals surface area contributed by atoms with E-state index in [1.54, 1.807) is 26.4 Å². The summed E-state index contributed by atoms with van der Waals surface area (Å²) in [5, 5.41) is 3.37. The van der Waals surface area contributed by atoms with Crippen molar-refractivity contribution in [1.82, 2.24) is 5.32 Å². The van der Waals surface area contributed by atoms with E-state index in [-0.39, 0.29) is 5.91 Å². The molecule has 1 N–H and O–H groups in total. The van der Waals surface area contributed by atoms with Gasteiger partial charge >= 0.3 is 0 Å². The topological polar surface area (TPSA) is 59.9 Å². The van der Waals surface area contributed by atoms with E-state index < -0.39 is 0 Å². The molecule has 0 aromatic heterocycles. The van der Waals surface area contributed by atoms with Gasteiger partial charge in [0.2, 0.25) is 0 Å². The van der Waals surface area contributed by atoms with Gasteiger partial charge in [-0.25, -0.2) is 4.99 Å². The Morgan fingerprint density at radius 2 is 1.81 bits per heavy atom. The number of amides is 1. The summed E-state index contributed by atoms with van der Waals surface area (Å²) in [5.41, 5.74) is 3.80. The molecule has 0 saturated carbocycles. The van der Waals surface area contributed by atoms with Gasteiger partial charge in [0.15, 0.2) is 5.17 Å². The van der Waals surface area contributed by atoms with Gasteiger partial charge in [-0.15, -0.1) is 0 Å². The lowest BCUT2D eigenvalue weighted by atomic mass is 10.1. The van der Waals surface area contributed by atoms with Crippen LogP contribution in [0.15, 0.2) is 44.7 Å². The number of methoxy groups -OCH3 is 2. The Morgan fingerprint density at radius 1 is 1.11 bits per heavy atom. The zero-order valence-electron chi connectivity index (χ0n) is 15.4. The minimum absolute atomic E-state index is 0.179. The van der Waals surface area contributed by atoms with Crippen molar-refractivity contribution in [3.8, 4) is 11.5 Å². The number of hydrogen-bond acceptors (Lipinski definition) is 5. The molecule has 1 saturated heterocycles. The highest BCUT2D eigenvalue weighted by Gasteiger charge is 2.24. The van der Waals surface area contributed by atoms with Crippen LogP contribution in [0, 0.1) is 13.8 Å². The van der Waals surface area contributed by atoms with Crippen molar-refractivity contribution >= 4 is 50.5 Å². The predicted octanol–water partition coefficient (Wildman–Crippen LogP) is 4.97. The van der Waals surface area contributed by atoms with Crippen molar-refractivity contribution in [2.75, 3.05) is 14.2 Å². The number of ether oxygens (including phenoxy) is 2. The molecule has 140 valence electrons. The first kappa shape index (κ1) is 19.5. The molecule has 0 radical (unpaired) electrons. The molecule has 1 aliphatic rings. The Morgan fingerprint density at radius 3 is 2.44 bits per heavy atom. The Labute approximate surface area is 171 Å². The highest BCUT2D eigenvalue weighted by atomic mass is 79.9. The molecule has 0 spiro atoms. The van der Waals surface area contributed by atoms with Crippen LogP contribution in [0.4, 0.5) is 5.69 Å². The second-order valence-electron chi connectivity index (χ2n) is 5.98. The largest absolute Gasteiger partial charge is 0.497 e. The van der Waals surface area contributed by atoms with Crippen LogP contribution in [0.1, 0.15) is 16.7 Å². The van der Waals surface area contributed by atoms with Crippen molar-refractivity contribution in [1.29, 1.82) is 0 Å².